The minimum atomic E-state index is -0.675. The highest BCUT2D eigenvalue weighted by atomic mass is 35.5. The van der Waals surface area contributed by atoms with Crippen LogP contribution < -0.4 is 0 Å². The molecule has 7 heteroatoms. The standard InChI is InChI=1S/C13H12ClN3O3/c1-8(18)7-20-13(19)12-9(2)15-17(16-12)11-5-3-4-10(14)6-11/h3-6H,7H2,1-2H3. The Bertz CT molecular complexity index is 667. The average Bonchev–Trinajstić information content (AvgIpc) is 2.78. The van der Waals surface area contributed by atoms with Gasteiger partial charge in [-0.25, -0.2) is 4.79 Å². The van der Waals surface area contributed by atoms with E-state index in [4.69, 9.17) is 16.3 Å². The highest BCUT2D eigenvalue weighted by Gasteiger charge is 2.18. The smallest absolute Gasteiger partial charge is 0.361 e. The summed E-state index contributed by atoms with van der Waals surface area (Å²) in [5, 5.41) is 8.73. The van der Waals surface area contributed by atoms with Crippen molar-refractivity contribution < 1.29 is 14.3 Å². The van der Waals surface area contributed by atoms with E-state index in [1.165, 1.54) is 11.7 Å². The summed E-state index contributed by atoms with van der Waals surface area (Å²) in [5.41, 5.74) is 1.12. The van der Waals surface area contributed by atoms with Gasteiger partial charge in [0.2, 0.25) is 0 Å². The van der Waals surface area contributed by atoms with Crippen molar-refractivity contribution in [3.63, 3.8) is 0 Å². The summed E-state index contributed by atoms with van der Waals surface area (Å²) in [5.74, 6) is -0.913. The van der Waals surface area contributed by atoms with Gasteiger partial charge in [0.15, 0.2) is 11.5 Å². The highest BCUT2D eigenvalue weighted by molar-refractivity contribution is 6.30. The molecule has 0 unspecified atom stereocenters. The number of aryl methyl sites for hydroxylation is 1. The third kappa shape index (κ3) is 3.21. The third-order valence-corrected chi connectivity index (χ3v) is 2.66. The number of nitrogens with zero attached hydrogens (tertiary/aromatic N) is 3. The maximum Gasteiger partial charge on any atom is 0.361 e. The lowest BCUT2D eigenvalue weighted by Gasteiger charge is -2.00. The Morgan fingerprint density at radius 2 is 2.10 bits per heavy atom. The van der Waals surface area contributed by atoms with Crippen molar-refractivity contribution in [2.75, 3.05) is 6.61 Å². The van der Waals surface area contributed by atoms with Crippen LogP contribution in [0.4, 0.5) is 0 Å². The molecule has 0 spiro atoms. The molecule has 6 nitrogen and oxygen atoms in total. The van der Waals surface area contributed by atoms with Gasteiger partial charge in [-0.1, -0.05) is 17.7 Å². The van der Waals surface area contributed by atoms with Crippen LogP contribution in [0.2, 0.25) is 5.02 Å². The van der Waals surface area contributed by atoms with Gasteiger partial charge in [-0.15, -0.1) is 5.10 Å². The Labute approximate surface area is 120 Å². The molecule has 104 valence electrons. The van der Waals surface area contributed by atoms with E-state index in [-0.39, 0.29) is 18.1 Å². The monoisotopic (exact) mass is 293 g/mol. The maximum atomic E-state index is 11.8. The van der Waals surface area contributed by atoms with Crippen molar-refractivity contribution in [1.82, 2.24) is 15.0 Å². The number of carbonyl (C=O) groups is 2. The van der Waals surface area contributed by atoms with Crippen molar-refractivity contribution in [2.45, 2.75) is 13.8 Å². The van der Waals surface area contributed by atoms with Gasteiger partial charge in [-0.2, -0.15) is 9.90 Å². The molecule has 0 fully saturated rings. The van der Waals surface area contributed by atoms with Crippen LogP contribution in [0.5, 0.6) is 0 Å². The molecule has 0 aliphatic carbocycles. The number of esters is 1. The SMILES string of the molecule is CC(=O)COC(=O)c1nn(-c2cccc(Cl)c2)nc1C. The van der Waals surface area contributed by atoms with E-state index < -0.39 is 5.97 Å². The number of ketones is 1. The third-order valence-electron chi connectivity index (χ3n) is 2.42. The number of Topliss-reactive ketones (excluding diaryl/α,β-unsaturated/α-hetero) is 1. The molecule has 0 N–H and O–H groups in total. The molecule has 0 saturated heterocycles. The first-order valence-corrected chi connectivity index (χ1v) is 6.21. The Kier molecular flexibility index (Phi) is 4.14. The quantitative estimate of drug-likeness (QED) is 0.806. The zero-order valence-electron chi connectivity index (χ0n) is 11.0. The molecule has 1 heterocycles. The van der Waals surface area contributed by atoms with Crippen LogP contribution in [0.15, 0.2) is 24.3 Å². The van der Waals surface area contributed by atoms with Gasteiger partial charge in [0.05, 0.1) is 11.4 Å². The molecule has 0 aliphatic rings. The minimum Gasteiger partial charge on any atom is -0.453 e. The van der Waals surface area contributed by atoms with Crippen LogP contribution in [-0.4, -0.2) is 33.4 Å². The minimum absolute atomic E-state index is 0.0752. The number of rotatable bonds is 4. The van der Waals surface area contributed by atoms with Crippen molar-refractivity contribution in [3.05, 3.63) is 40.7 Å². The average molecular weight is 294 g/mol. The van der Waals surface area contributed by atoms with Crippen molar-refractivity contribution in [1.29, 1.82) is 0 Å². The van der Waals surface area contributed by atoms with Gasteiger partial charge in [0, 0.05) is 5.02 Å². The molecule has 0 radical (unpaired) electrons. The van der Waals surface area contributed by atoms with Gasteiger partial charge in [0.25, 0.3) is 0 Å². The first-order valence-electron chi connectivity index (χ1n) is 5.84. The summed E-state index contributed by atoms with van der Waals surface area (Å²) in [7, 11) is 0. The largest absolute Gasteiger partial charge is 0.453 e. The molecule has 2 aromatic rings. The van der Waals surface area contributed by atoms with E-state index in [1.54, 1.807) is 31.2 Å². The molecule has 0 saturated carbocycles. The fraction of sp³-hybridized carbons (Fsp3) is 0.231. The maximum absolute atomic E-state index is 11.8. The molecule has 0 atom stereocenters. The van der Waals surface area contributed by atoms with Crippen molar-refractivity contribution in [2.24, 2.45) is 0 Å². The Hall–Kier alpha value is -2.21. The molecule has 0 amide bonds. The van der Waals surface area contributed by atoms with E-state index >= 15 is 0 Å². The molecule has 1 aromatic carbocycles. The Morgan fingerprint density at radius 3 is 2.75 bits per heavy atom. The van der Waals surface area contributed by atoms with E-state index in [1.807, 2.05) is 0 Å². The highest BCUT2D eigenvalue weighted by Crippen LogP contribution is 2.14. The number of hydrogen-bond donors (Lipinski definition) is 0. The molecule has 0 aliphatic heterocycles. The van der Waals surface area contributed by atoms with Gasteiger partial charge in [-0.3, -0.25) is 4.79 Å². The van der Waals surface area contributed by atoms with Gasteiger partial charge >= 0.3 is 5.97 Å². The van der Waals surface area contributed by atoms with Crippen LogP contribution in [0.3, 0.4) is 0 Å². The second kappa shape index (κ2) is 5.83. The second-order valence-electron chi connectivity index (χ2n) is 4.18. The molecule has 0 bridgehead atoms. The first-order chi connectivity index (χ1) is 9.47. The Morgan fingerprint density at radius 1 is 1.35 bits per heavy atom. The summed E-state index contributed by atoms with van der Waals surface area (Å²) in [6.07, 6.45) is 0. The number of ether oxygens (including phenoxy) is 1. The summed E-state index contributed by atoms with van der Waals surface area (Å²) in [6.45, 7) is 2.70. The Balaban J connectivity index is 2.25. The van der Waals surface area contributed by atoms with Gasteiger partial charge < -0.3 is 4.74 Å². The first kappa shape index (κ1) is 14.2. The number of halogens is 1. The molecule has 1 aromatic heterocycles. The van der Waals surface area contributed by atoms with Crippen LogP contribution in [0.25, 0.3) is 5.69 Å². The lowest BCUT2D eigenvalue weighted by molar-refractivity contribution is -0.120. The van der Waals surface area contributed by atoms with Crippen molar-refractivity contribution in [3.8, 4) is 5.69 Å². The molecular formula is C13H12ClN3O3. The normalized spacial score (nSPS) is 10.3. The van der Waals surface area contributed by atoms with E-state index in [2.05, 4.69) is 10.2 Å². The molecular weight excluding hydrogens is 282 g/mol. The van der Waals surface area contributed by atoms with Gasteiger partial charge in [0.1, 0.15) is 6.61 Å². The fourth-order valence-electron chi connectivity index (χ4n) is 1.52. The van der Waals surface area contributed by atoms with Crippen LogP contribution in [0.1, 0.15) is 23.1 Å². The number of aromatic nitrogens is 3. The van der Waals surface area contributed by atoms with E-state index in [0.29, 0.717) is 16.4 Å². The van der Waals surface area contributed by atoms with E-state index in [0.717, 1.165) is 0 Å². The molecule has 20 heavy (non-hydrogen) atoms. The van der Waals surface area contributed by atoms with E-state index in [9.17, 15) is 9.59 Å². The molecule has 2 rings (SSSR count). The lowest BCUT2D eigenvalue weighted by Crippen LogP contribution is -2.13. The zero-order chi connectivity index (χ0) is 14.7. The van der Waals surface area contributed by atoms with Crippen molar-refractivity contribution >= 4 is 23.4 Å². The predicted octanol–water partition coefficient (Wildman–Crippen LogP) is 1.97. The summed E-state index contributed by atoms with van der Waals surface area (Å²) in [4.78, 5) is 23.9. The van der Waals surface area contributed by atoms with Crippen LogP contribution >= 0.6 is 11.6 Å². The predicted molar refractivity (Wildman–Crippen MR) is 72.1 cm³/mol. The zero-order valence-corrected chi connectivity index (χ0v) is 11.7. The number of hydrogen-bond acceptors (Lipinski definition) is 5. The van der Waals surface area contributed by atoms with Crippen LogP contribution in [0, 0.1) is 6.92 Å². The second-order valence-corrected chi connectivity index (χ2v) is 4.62. The number of benzene rings is 1. The topological polar surface area (TPSA) is 74.1 Å². The van der Waals surface area contributed by atoms with Gasteiger partial charge in [-0.05, 0) is 32.0 Å². The summed E-state index contributed by atoms with van der Waals surface area (Å²) >= 11 is 5.89. The summed E-state index contributed by atoms with van der Waals surface area (Å²) < 4.78 is 4.81. The summed E-state index contributed by atoms with van der Waals surface area (Å²) in [6, 6.07) is 6.91. The lowest BCUT2D eigenvalue weighted by atomic mass is 10.3. The number of carbonyl (C=O) groups excluding carboxylic acids is 2. The fourth-order valence-corrected chi connectivity index (χ4v) is 1.70. The van der Waals surface area contributed by atoms with Crippen LogP contribution in [-0.2, 0) is 9.53 Å².